The second-order valence-corrected chi connectivity index (χ2v) is 6.21. The summed E-state index contributed by atoms with van der Waals surface area (Å²) in [6, 6.07) is 14.7. The molecule has 11 nitrogen and oxygen atoms in total. The molecule has 0 bridgehead atoms. The van der Waals surface area contributed by atoms with Gasteiger partial charge in [0, 0.05) is 12.7 Å². The lowest BCUT2D eigenvalue weighted by atomic mass is 10.1. The van der Waals surface area contributed by atoms with E-state index in [1.807, 2.05) is 0 Å². The summed E-state index contributed by atoms with van der Waals surface area (Å²) in [7, 11) is 1.54. The zero-order chi connectivity index (χ0) is 21.1. The monoisotopic (exact) mass is 403 g/mol. The van der Waals surface area contributed by atoms with E-state index in [1.54, 1.807) is 54.6 Å². The van der Waals surface area contributed by atoms with Crippen molar-refractivity contribution >= 4 is 28.3 Å². The molecule has 0 aliphatic rings. The van der Waals surface area contributed by atoms with Gasteiger partial charge in [-0.05, 0) is 28.8 Å². The highest BCUT2D eigenvalue weighted by Gasteiger charge is 2.20. The van der Waals surface area contributed by atoms with Crippen LogP contribution in [0.15, 0.2) is 64.5 Å². The van der Waals surface area contributed by atoms with E-state index in [0.717, 1.165) is 0 Å². The zero-order valence-corrected chi connectivity index (χ0v) is 15.7. The minimum Gasteiger partial charge on any atom is -0.871 e. The fraction of sp³-hybridized carbons (Fsp3) is 0.0526. The van der Waals surface area contributed by atoms with E-state index in [-0.39, 0.29) is 17.1 Å². The quantitative estimate of drug-likeness (QED) is 0.337. The Morgan fingerprint density at radius 1 is 1.13 bits per heavy atom. The van der Waals surface area contributed by atoms with Gasteiger partial charge in [0.25, 0.3) is 5.56 Å². The van der Waals surface area contributed by atoms with Gasteiger partial charge >= 0.3 is 6.03 Å². The lowest BCUT2D eigenvalue weighted by Crippen LogP contribution is -2.31. The number of fused-ring (bicyclic) bond motifs is 1. The number of carbonyl (C=O) groups excluding carboxylic acids is 1. The maximum atomic E-state index is 13.1. The molecule has 2 heterocycles. The van der Waals surface area contributed by atoms with Crippen molar-refractivity contribution in [3.8, 4) is 5.75 Å². The second-order valence-electron chi connectivity index (χ2n) is 6.21. The molecule has 11 heteroatoms. The number of urea groups is 1. The molecule has 0 radical (unpaired) electrons. The Bertz CT molecular complexity index is 1300. The fourth-order valence-electron chi connectivity index (χ4n) is 2.94. The average Bonchev–Trinajstić information content (AvgIpc) is 3.30. The summed E-state index contributed by atoms with van der Waals surface area (Å²) in [6.07, 6.45) is 0. The molecule has 4 rings (SSSR count). The molecule has 0 unspecified atom stereocenters. The Morgan fingerprint density at radius 3 is 2.60 bits per heavy atom. The molecule has 0 spiro atoms. The van der Waals surface area contributed by atoms with Gasteiger partial charge in [0.2, 0.25) is 5.82 Å². The van der Waals surface area contributed by atoms with E-state index in [1.165, 1.54) is 11.6 Å². The third-order valence-electron chi connectivity index (χ3n) is 4.35. The first kappa shape index (κ1) is 18.8. The Labute approximate surface area is 169 Å². The first-order valence-corrected chi connectivity index (χ1v) is 8.79. The molecular weight excluding hydrogens is 388 g/mol. The van der Waals surface area contributed by atoms with Gasteiger partial charge in [0.1, 0.15) is 5.71 Å². The smallest absolute Gasteiger partial charge is 0.339 e. The summed E-state index contributed by atoms with van der Waals surface area (Å²) >= 11 is 0. The van der Waals surface area contributed by atoms with Crippen LogP contribution in [0.1, 0.15) is 11.4 Å². The summed E-state index contributed by atoms with van der Waals surface area (Å²) in [5.74, 6) is -0.665. The number of nitrogens with zero attached hydrogens (tertiary/aromatic N) is 5. The first-order valence-electron chi connectivity index (χ1n) is 8.79. The van der Waals surface area contributed by atoms with Crippen LogP contribution in [0.25, 0.3) is 10.9 Å². The van der Waals surface area contributed by atoms with Gasteiger partial charge < -0.3 is 15.0 Å². The molecule has 30 heavy (non-hydrogen) atoms. The minimum atomic E-state index is -0.674. The number of hydrogen-bond donors (Lipinski definition) is 3. The highest BCUT2D eigenvalue weighted by atomic mass is 16.3. The summed E-state index contributed by atoms with van der Waals surface area (Å²) in [6.45, 7) is 0. The van der Waals surface area contributed by atoms with Gasteiger partial charge in [-0.1, -0.05) is 42.1 Å². The van der Waals surface area contributed by atoms with Crippen molar-refractivity contribution < 1.29 is 9.90 Å². The second kappa shape index (κ2) is 7.83. The van der Waals surface area contributed by atoms with Crippen molar-refractivity contribution in [2.75, 3.05) is 5.32 Å². The van der Waals surface area contributed by atoms with Crippen molar-refractivity contribution in [1.29, 1.82) is 0 Å². The van der Waals surface area contributed by atoms with Gasteiger partial charge in [-0.3, -0.25) is 4.79 Å². The molecule has 3 N–H and O–H groups in total. The number of hydrazone groups is 1. The van der Waals surface area contributed by atoms with Crippen molar-refractivity contribution in [3.05, 3.63) is 76.3 Å². The molecule has 0 saturated heterocycles. The lowest BCUT2D eigenvalue weighted by Gasteiger charge is -2.18. The molecule has 2 amide bonds. The van der Waals surface area contributed by atoms with Crippen LogP contribution in [0, 0.1) is 0 Å². The van der Waals surface area contributed by atoms with E-state index in [0.29, 0.717) is 16.6 Å². The van der Waals surface area contributed by atoms with Crippen LogP contribution in [0.2, 0.25) is 0 Å². The predicted octanol–water partition coefficient (Wildman–Crippen LogP) is 0.699. The van der Waals surface area contributed by atoms with Crippen LogP contribution < -0.4 is 21.4 Å². The lowest BCUT2D eigenvalue weighted by molar-refractivity contribution is -0.266. The number of nitrogens with one attached hydrogen (secondary N) is 3. The van der Waals surface area contributed by atoms with Crippen LogP contribution >= 0.6 is 0 Å². The number of carbonyl (C=O) groups is 1. The van der Waals surface area contributed by atoms with Gasteiger partial charge in [0.15, 0.2) is 0 Å². The summed E-state index contributed by atoms with van der Waals surface area (Å²) in [5.41, 5.74) is 2.19. The number of H-pyrrole nitrogens is 1. The molecule has 0 aliphatic carbocycles. The van der Waals surface area contributed by atoms with Crippen LogP contribution in [0.3, 0.4) is 0 Å². The molecule has 0 atom stereocenters. The third kappa shape index (κ3) is 3.46. The van der Waals surface area contributed by atoms with E-state index in [9.17, 15) is 14.7 Å². The normalized spacial score (nSPS) is 11.4. The zero-order valence-electron chi connectivity index (χ0n) is 15.7. The number of aromatic amines is 1. The topological polar surface area (TPSA) is 153 Å². The van der Waals surface area contributed by atoms with Crippen molar-refractivity contribution in [2.24, 2.45) is 12.1 Å². The summed E-state index contributed by atoms with van der Waals surface area (Å²) in [5, 5.41) is 33.2. The Balaban J connectivity index is 1.78. The number of amides is 2. The largest absolute Gasteiger partial charge is 0.871 e. The SMILES string of the molecule is Cn1c(=O)c(/C(=N/NC(=O)Nc2ccccc2)c2nn[nH]n2)c([O-])c2ccccc21. The highest BCUT2D eigenvalue weighted by molar-refractivity contribution is 6.14. The number of rotatable bonds is 4. The highest BCUT2D eigenvalue weighted by Crippen LogP contribution is 2.24. The van der Waals surface area contributed by atoms with Crippen LogP contribution in [0.4, 0.5) is 10.5 Å². The number of aromatic nitrogens is 5. The number of hydrogen-bond acceptors (Lipinski definition) is 7. The van der Waals surface area contributed by atoms with Gasteiger partial charge in [-0.25, -0.2) is 10.2 Å². The number of tetrazole rings is 1. The first-order chi connectivity index (χ1) is 14.6. The molecule has 0 saturated carbocycles. The van der Waals surface area contributed by atoms with Gasteiger partial charge in [0.05, 0.1) is 11.1 Å². The average molecular weight is 403 g/mol. The standard InChI is InChI=1S/C19H16N8O3/c1-27-13-10-6-5-9-12(13)16(28)14(18(27)29)15(17-22-25-26-23-17)21-24-19(30)20-11-7-3-2-4-8-11/h2-10,28H,1H3,(H2,20,24,30)(H,22,23,25,26)/p-1/b21-15-. The molecule has 150 valence electrons. The van der Waals surface area contributed by atoms with Crippen molar-refractivity contribution in [3.63, 3.8) is 0 Å². The van der Waals surface area contributed by atoms with Gasteiger partial charge in [-0.15, -0.1) is 10.2 Å². The summed E-state index contributed by atoms with van der Waals surface area (Å²) < 4.78 is 1.33. The van der Waals surface area contributed by atoms with E-state index < -0.39 is 17.3 Å². The number of benzene rings is 2. The third-order valence-corrected chi connectivity index (χ3v) is 4.35. The molecule has 2 aromatic carbocycles. The number of para-hydroxylation sites is 2. The molecule has 4 aromatic rings. The minimum absolute atomic E-state index is 0.112. The Kier molecular flexibility index (Phi) is 4.91. The fourth-order valence-corrected chi connectivity index (χ4v) is 2.94. The number of pyridine rings is 1. The maximum Gasteiger partial charge on any atom is 0.339 e. The Hall–Kier alpha value is -4.54. The van der Waals surface area contributed by atoms with Crippen LogP contribution in [-0.4, -0.2) is 36.9 Å². The van der Waals surface area contributed by atoms with Gasteiger partial charge in [-0.2, -0.15) is 10.3 Å². The molecular formula is C19H15N8O3-. The van der Waals surface area contributed by atoms with Crippen LogP contribution in [-0.2, 0) is 7.05 Å². The number of aryl methyl sites for hydroxylation is 1. The van der Waals surface area contributed by atoms with E-state index in [4.69, 9.17) is 0 Å². The molecule has 0 fully saturated rings. The van der Waals surface area contributed by atoms with Crippen LogP contribution in [0.5, 0.6) is 5.75 Å². The molecule has 2 aromatic heterocycles. The maximum absolute atomic E-state index is 13.1. The number of anilines is 1. The van der Waals surface area contributed by atoms with E-state index in [2.05, 4.69) is 36.5 Å². The van der Waals surface area contributed by atoms with Crippen molar-refractivity contribution in [2.45, 2.75) is 0 Å². The van der Waals surface area contributed by atoms with E-state index >= 15 is 0 Å². The van der Waals surface area contributed by atoms with Crippen molar-refractivity contribution in [1.82, 2.24) is 30.6 Å². The molecule has 0 aliphatic heterocycles. The summed E-state index contributed by atoms with van der Waals surface area (Å²) in [4.78, 5) is 25.2. The Morgan fingerprint density at radius 2 is 1.87 bits per heavy atom. The predicted molar refractivity (Wildman–Crippen MR) is 107 cm³/mol.